The molecule has 3 rings (SSSR count). The van der Waals surface area contributed by atoms with Crippen LogP contribution in [0.4, 0.5) is 0 Å². The number of nitrogens with zero attached hydrogens (tertiary/aromatic N) is 3. The van der Waals surface area contributed by atoms with Crippen molar-refractivity contribution in [3.8, 4) is 5.75 Å². The Hall–Kier alpha value is -1.79. The first-order valence-corrected chi connectivity index (χ1v) is 9.78. The van der Waals surface area contributed by atoms with E-state index in [9.17, 15) is 0 Å². The van der Waals surface area contributed by atoms with Gasteiger partial charge in [0.1, 0.15) is 5.75 Å². The van der Waals surface area contributed by atoms with Crippen LogP contribution in [0.25, 0.3) is 0 Å². The molecule has 0 saturated carbocycles. The summed E-state index contributed by atoms with van der Waals surface area (Å²) >= 11 is 0. The highest BCUT2D eigenvalue weighted by molar-refractivity contribution is 5.78. The van der Waals surface area contributed by atoms with Crippen LogP contribution in [0.1, 0.15) is 37.3 Å². The Labute approximate surface area is 157 Å². The number of benzene rings is 1. The van der Waals surface area contributed by atoms with Crippen LogP contribution < -0.4 is 10.5 Å². The molecule has 144 valence electrons. The summed E-state index contributed by atoms with van der Waals surface area (Å²) in [5.74, 6) is 1.57. The van der Waals surface area contributed by atoms with Crippen molar-refractivity contribution in [3.05, 3.63) is 29.8 Å². The second-order valence-corrected chi connectivity index (χ2v) is 7.04. The summed E-state index contributed by atoms with van der Waals surface area (Å²) in [5, 5.41) is 0. The summed E-state index contributed by atoms with van der Waals surface area (Å²) in [4.78, 5) is 9.49. The van der Waals surface area contributed by atoms with Gasteiger partial charge in [0.05, 0.1) is 32.9 Å². The van der Waals surface area contributed by atoms with Crippen LogP contribution >= 0.6 is 0 Å². The van der Waals surface area contributed by atoms with Crippen molar-refractivity contribution in [2.45, 2.75) is 31.7 Å². The second kappa shape index (κ2) is 9.78. The Bertz CT molecular complexity index is 562. The topological polar surface area (TPSA) is 63.3 Å². The van der Waals surface area contributed by atoms with Crippen molar-refractivity contribution >= 4 is 5.96 Å². The lowest BCUT2D eigenvalue weighted by Crippen LogP contribution is -2.42. The van der Waals surface area contributed by atoms with Crippen LogP contribution in [-0.4, -0.2) is 68.8 Å². The van der Waals surface area contributed by atoms with Crippen LogP contribution in [0.15, 0.2) is 29.3 Å². The molecule has 6 heteroatoms. The van der Waals surface area contributed by atoms with Gasteiger partial charge in [-0.3, -0.25) is 9.89 Å². The van der Waals surface area contributed by atoms with Crippen molar-refractivity contribution in [3.63, 3.8) is 0 Å². The van der Waals surface area contributed by atoms with Crippen LogP contribution in [-0.2, 0) is 4.74 Å². The molecule has 2 aliphatic heterocycles. The number of morpholine rings is 1. The molecule has 1 aromatic rings. The number of nitrogens with two attached hydrogens (primary N) is 1. The standard InChI is InChI=1S/C20H32N4O2/c1-25-18-8-6-17(7-9-18)19(23-12-14-26-15-13-23)16-22-20(21)24-10-4-2-3-5-11-24/h6-9,19H,2-5,10-16H2,1H3,(H2,21,22). The van der Waals surface area contributed by atoms with Crippen LogP contribution in [0.5, 0.6) is 5.75 Å². The van der Waals surface area contributed by atoms with Gasteiger partial charge in [-0.1, -0.05) is 25.0 Å². The highest BCUT2D eigenvalue weighted by Gasteiger charge is 2.23. The number of methoxy groups -OCH3 is 1. The molecular formula is C20H32N4O2. The van der Waals surface area contributed by atoms with Gasteiger partial charge in [0.25, 0.3) is 0 Å². The summed E-state index contributed by atoms with van der Waals surface area (Å²) < 4.78 is 10.8. The van der Waals surface area contributed by atoms with Gasteiger partial charge in [0, 0.05) is 26.2 Å². The van der Waals surface area contributed by atoms with Gasteiger partial charge in [-0.2, -0.15) is 0 Å². The number of aliphatic imine (C=N–C) groups is 1. The molecule has 1 unspecified atom stereocenters. The van der Waals surface area contributed by atoms with Crippen LogP contribution in [0.3, 0.4) is 0 Å². The van der Waals surface area contributed by atoms with E-state index in [-0.39, 0.29) is 6.04 Å². The van der Waals surface area contributed by atoms with E-state index in [0.717, 1.165) is 45.1 Å². The lowest BCUT2D eigenvalue weighted by Gasteiger charge is -2.34. The zero-order valence-electron chi connectivity index (χ0n) is 15.9. The maximum atomic E-state index is 6.33. The fourth-order valence-electron chi connectivity index (χ4n) is 3.73. The van der Waals surface area contributed by atoms with E-state index >= 15 is 0 Å². The minimum atomic E-state index is 0.218. The maximum absolute atomic E-state index is 6.33. The molecule has 0 radical (unpaired) electrons. The molecule has 2 heterocycles. The quantitative estimate of drug-likeness (QED) is 0.645. The number of rotatable bonds is 5. The van der Waals surface area contributed by atoms with E-state index in [2.05, 4.69) is 21.9 Å². The lowest BCUT2D eigenvalue weighted by molar-refractivity contribution is 0.0179. The van der Waals surface area contributed by atoms with E-state index < -0.39 is 0 Å². The smallest absolute Gasteiger partial charge is 0.191 e. The van der Waals surface area contributed by atoms with Gasteiger partial charge in [0.15, 0.2) is 5.96 Å². The summed E-state index contributed by atoms with van der Waals surface area (Å²) in [6.07, 6.45) is 5.02. The van der Waals surface area contributed by atoms with Gasteiger partial charge in [-0.25, -0.2) is 0 Å². The van der Waals surface area contributed by atoms with Gasteiger partial charge >= 0.3 is 0 Å². The lowest BCUT2D eigenvalue weighted by atomic mass is 10.0. The van der Waals surface area contributed by atoms with Crippen LogP contribution in [0, 0.1) is 0 Å². The Morgan fingerprint density at radius 1 is 1.08 bits per heavy atom. The third-order valence-corrected chi connectivity index (χ3v) is 5.34. The van der Waals surface area contributed by atoms with Crippen molar-refractivity contribution in [1.82, 2.24) is 9.80 Å². The fourth-order valence-corrected chi connectivity index (χ4v) is 3.73. The molecule has 6 nitrogen and oxygen atoms in total. The summed E-state index contributed by atoms with van der Waals surface area (Å²) in [5.41, 5.74) is 7.58. The second-order valence-electron chi connectivity index (χ2n) is 7.04. The maximum Gasteiger partial charge on any atom is 0.191 e. The Balaban J connectivity index is 1.72. The summed E-state index contributed by atoms with van der Waals surface area (Å²) in [6, 6.07) is 8.53. The van der Waals surface area contributed by atoms with Crippen molar-refractivity contribution in [1.29, 1.82) is 0 Å². The highest BCUT2D eigenvalue weighted by atomic mass is 16.5. The first kappa shape index (κ1) is 19.0. The van der Waals surface area contributed by atoms with Gasteiger partial charge in [0.2, 0.25) is 0 Å². The molecule has 26 heavy (non-hydrogen) atoms. The van der Waals surface area contributed by atoms with Crippen LogP contribution in [0.2, 0.25) is 0 Å². The highest BCUT2D eigenvalue weighted by Crippen LogP contribution is 2.24. The largest absolute Gasteiger partial charge is 0.497 e. The van der Waals surface area contributed by atoms with Gasteiger partial charge in [-0.15, -0.1) is 0 Å². The predicted molar refractivity (Wildman–Crippen MR) is 105 cm³/mol. The number of guanidine groups is 1. The SMILES string of the molecule is COc1ccc(C(CN=C(N)N2CCCCCC2)N2CCOCC2)cc1. The third kappa shape index (κ3) is 5.11. The number of hydrogen-bond donors (Lipinski definition) is 1. The fraction of sp³-hybridized carbons (Fsp3) is 0.650. The van der Waals surface area contributed by atoms with Crippen molar-refractivity contribution in [2.75, 3.05) is 53.0 Å². The normalized spacial score (nSPS) is 21.3. The first-order valence-electron chi connectivity index (χ1n) is 9.78. The average molecular weight is 361 g/mol. The van der Waals surface area contributed by atoms with Crippen molar-refractivity contribution in [2.24, 2.45) is 10.7 Å². The number of likely N-dealkylation sites (tertiary alicyclic amines) is 1. The van der Waals surface area contributed by atoms with E-state index in [4.69, 9.17) is 20.2 Å². The molecule has 2 N–H and O–H groups in total. The monoisotopic (exact) mass is 360 g/mol. The summed E-state index contributed by atoms with van der Waals surface area (Å²) in [7, 11) is 1.70. The summed E-state index contributed by atoms with van der Waals surface area (Å²) in [6.45, 7) is 6.14. The van der Waals surface area contributed by atoms with Gasteiger partial charge < -0.3 is 20.1 Å². The van der Waals surface area contributed by atoms with E-state index in [1.807, 2.05) is 12.1 Å². The predicted octanol–water partition coefficient (Wildman–Crippen LogP) is 2.26. The van der Waals surface area contributed by atoms with Crippen molar-refractivity contribution < 1.29 is 9.47 Å². The first-order chi connectivity index (χ1) is 12.8. The zero-order chi connectivity index (χ0) is 18.2. The molecule has 1 aromatic carbocycles. The molecule has 2 saturated heterocycles. The molecule has 0 spiro atoms. The molecular weight excluding hydrogens is 328 g/mol. The van der Waals surface area contributed by atoms with Gasteiger partial charge in [-0.05, 0) is 30.5 Å². The molecule has 1 atom stereocenters. The van der Waals surface area contributed by atoms with E-state index in [1.54, 1.807) is 7.11 Å². The minimum Gasteiger partial charge on any atom is -0.497 e. The molecule has 2 aliphatic rings. The molecule has 2 fully saturated rings. The van der Waals surface area contributed by atoms with E-state index in [1.165, 1.54) is 31.2 Å². The molecule has 0 amide bonds. The van der Waals surface area contributed by atoms with E-state index in [0.29, 0.717) is 12.5 Å². The zero-order valence-corrected chi connectivity index (χ0v) is 15.9. The minimum absolute atomic E-state index is 0.218. The molecule has 0 aromatic heterocycles. The number of hydrogen-bond acceptors (Lipinski definition) is 4. The third-order valence-electron chi connectivity index (χ3n) is 5.34. The average Bonchev–Trinajstić information content (AvgIpc) is 2.99. The Morgan fingerprint density at radius 3 is 2.35 bits per heavy atom. The molecule has 0 aliphatic carbocycles. The number of ether oxygens (including phenoxy) is 2. The molecule has 0 bridgehead atoms. The Morgan fingerprint density at radius 2 is 1.73 bits per heavy atom. The Kier molecular flexibility index (Phi) is 7.14.